The Morgan fingerprint density at radius 2 is 1.42 bits per heavy atom. The van der Waals surface area contributed by atoms with Gasteiger partial charge in [0.2, 0.25) is 0 Å². The molecule has 0 radical (unpaired) electrons. The van der Waals surface area contributed by atoms with Gasteiger partial charge in [-0.25, -0.2) is 8.42 Å². The van der Waals surface area contributed by atoms with Gasteiger partial charge in [-0.3, -0.25) is 4.72 Å². The smallest absolute Gasteiger partial charge is 0.261 e. The van der Waals surface area contributed by atoms with Gasteiger partial charge in [0, 0.05) is 5.69 Å². The number of benzene rings is 2. The van der Waals surface area contributed by atoms with Crippen LogP contribution in [0.4, 0.5) is 5.69 Å². The van der Waals surface area contributed by atoms with E-state index in [1.807, 2.05) is 12.1 Å². The maximum atomic E-state index is 12.6. The van der Waals surface area contributed by atoms with Gasteiger partial charge >= 0.3 is 0 Å². The fraction of sp³-hybridized carbons (Fsp3) is 0.368. The number of ether oxygens (including phenoxy) is 1. The summed E-state index contributed by atoms with van der Waals surface area (Å²) in [7, 11) is -1.95. The summed E-state index contributed by atoms with van der Waals surface area (Å²) in [6.07, 6.45) is 0. The first-order chi connectivity index (χ1) is 11.3. The van der Waals surface area contributed by atoms with Crippen molar-refractivity contribution in [3.63, 3.8) is 0 Å². The second-order valence-electron chi connectivity index (χ2n) is 6.42. The summed E-state index contributed by atoms with van der Waals surface area (Å²) in [5.41, 5.74) is 2.55. The first kappa shape index (κ1) is 18.3. The molecule has 0 aliphatic heterocycles. The van der Waals surface area contributed by atoms with Crippen molar-refractivity contribution >= 4 is 15.7 Å². The molecule has 5 heteroatoms. The van der Waals surface area contributed by atoms with Crippen LogP contribution in [0.3, 0.4) is 0 Å². The maximum Gasteiger partial charge on any atom is 0.261 e. The number of anilines is 1. The molecule has 0 unspecified atom stereocenters. The van der Waals surface area contributed by atoms with Crippen molar-refractivity contribution in [2.45, 2.75) is 44.4 Å². The third-order valence-electron chi connectivity index (χ3n) is 3.90. The zero-order valence-corrected chi connectivity index (χ0v) is 15.6. The zero-order chi connectivity index (χ0) is 17.9. The highest BCUT2D eigenvalue weighted by molar-refractivity contribution is 7.92. The predicted molar refractivity (Wildman–Crippen MR) is 98.4 cm³/mol. The minimum atomic E-state index is -3.61. The van der Waals surface area contributed by atoms with Crippen molar-refractivity contribution in [1.82, 2.24) is 0 Å². The molecule has 0 atom stereocenters. The summed E-state index contributed by atoms with van der Waals surface area (Å²) >= 11 is 0. The van der Waals surface area contributed by atoms with E-state index in [2.05, 4.69) is 32.4 Å². The van der Waals surface area contributed by atoms with Crippen molar-refractivity contribution in [1.29, 1.82) is 0 Å². The summed E-state index contributed by atoms with van der Waals surface area (Å²) in [6, 6.07) is 12.1. The average molecular weight is 347 g/mol. The lowest BCUT2D eigenvalue weighted by Crippen LogP contribution is -2.14. The molecular weight excluding hydrogens is 322 g/mol. The largest absolute Gasteiger partial charge is 0.496 e. The van der Waals surface area contributed by atoms with Crippen LogP contribution in [0, 0.1) is 0 Å². The molecule has 4 nitrogen and oxygen atoms in total. The van der Waals surface area contributed by atoms with E-state index in [0.717, 1.165) is 16.9 Å². The molecule has 130 valence electrons. The Morgan fingerprint density at radius 3 is 1.83 bits per heavy atom. The Kier molecular flexibility index (Phi) is 5.54. The highest BCUT2D eigenvalue weighted by Crippen LogP contribution is 2.37. The highest BCUT2D eigenvalue weighted by Gasteiger charge is 2.19. The lowest BCUT2D eigenvalue weighted by atomic mass is 9.93. The molecule has 0 fully saturated rings. The Labute approximate surface area is 144 Å². The third kappa shape index (κ3) is 3.90. The van der Waals surface area contributed by atoms with Crippen LogP contribution in [0.2, 0.25) is 0 Å². The molecule has 2 aromatic carbocycles. The summed E-state index contributed by atoms with van der Waals surface area (Å²) in [5, 5.41) is 0. The fourth-order valence-corrected chi connectivity index (χ4v) is 3.70. The number of hydrogen-bond acceptors (Lipinski definition) is 3. The van der Waals surface area contributed by atoms with Crippen LogP contribution < -0.4 is 9.46 Å². The Bertz CT molecular complexity index is 768. The number of hydrogen-bond donors (Lipinski definition) is 1. The molecule has 0 bridgehead atoms. The monoisotopic (exact) mass is 347 g/mol. The lowest BCUT2D eigenvalue weighted by Gasteiger charge is -2.20. The van der Waals surface area contributed by atoms with E-state index in [4.69, 9.17) is 4.74 Å². The number of sulfonamides is 1. The quantitative estimate of drug-likeness (QED) is 0.821. The van der Waals surface area contributed by atoms with Crippen LogP contribution >= 0.6 is 0 Å². The van der Waals surface area contributed by atoms with E-state index >= 15 is 0 Å². The Balaban J connectivity index is 2.51. The maximum absolute atomic E-state index is 12.6. The first-order valence-electron chi connectivity index (χ1n) is 8.06. The molecule has 0 saturated heterocycles. The van der Waals surface area contributed by atoms with Crippen molar-refractivity contribution < 1.29 is 13.2 Å². The number of rotatable bonds is 6. The molecule has 0 heterocycles. The first-order valence-corrected chi connectivity index (χ1v) is 9.54. The van der Waals surface area contributed by atoms with E-state index in [1.54, 1.807) is 37.4 Å². The number of nitrogens with one attached hydrogen (secondary N) is 1. The summed E-state index contributed by atoms with van der Waals surface area (Å²) < 4.78 is 33.4. The van der Waals surface area contributed by atoms with Crippen LogP contribution in [0.25, 0.3) is 0 Å². The molecule has 24 heavy (non-hydrogen) atoms. The van der Waals surface area contributed by atoms with Crippen LogP contribution in [0.5, 0.6) is 5.75 Å². The molecule has 0 aromatic heterocycles. The van der Waals surface area contributed by atoms with Crippen LogP contribution in [-0.4, -0.2) is 15.5 Å². The van der Waals surface area contributed by atoms with E-state index in [9.17, 15) is 8.42 Å². The lowest BCUT2D eigenvalue weighted by molar-refractivity contribution is 0.400. The SMILES string of the molecule is COc1c(C(C)C)cc(NS(=O)(=O)c2ccccc2)cc1C(C)C. The second-order valence-corrected chi connectivity index (χ2v) is 8.10. The minimum Gasteiger partial charge on any atom is -0.496 e. The molecule has 2 aromatic rings. The van der Waals surface area contributed by atoms with Gasteiger partial charge in [0.25, 0.3) is 10.0 Å². The van der Waals surface area contributed by atoms with Crippen LogP contribution in [0.15, 0.2) is 47.4 Å². The van der Waals surface area contributed by atoms with Crippen LogP contribution in [-0.2, 0) is 10.0 Å². The van der Waals surface area contributed by atoms with Gasteiger partial charge in [-0.05, 0) is 47.2 Å². The molecule has 2 rings (SSSR count). The van der Waals surface area contributed by atoms with Gasteiger partial charge in [0.05, 0.1) is 12.0 Å². The van der Waals surface area contributed by atoms with Gasteiger partial charge in [-0.15, -0.1) is 0 Å². The molecule has 0 aliphatic rings. The Hall–Kier alpha value is -2.01. The molecule has 1 N–H and O–H groups in total. The van der Waals surface area contributed by atoms with E-state index in [1.165, 1.54) is 0 Å². The average Bonchev–Trinajstić information content (AvgIpc) is 2.54. The van der Waals surface area contributed by atoms with Crippen LogP contribution in [0.1, 0.15) is 50.7 Å². The fourth-order valence-electron chi connectivity index (χ4n) is 2.64. The van der Waals surface area contributed by atoms with Crippen molar-refractivity contribution in [2.75, 3.05) is 11.8 Å². The van der Waals surface area contributed by atoms with Crippen molar-refractivity contribution in [3.05, 3.63) is 53.6 Å². The molecule has 0 spiro atoms. The van der Waals surface area contributed by atoms with Gasteiger partial charge in [0.15, 0.2) is 0 Å². The van der Waals surface area contributed by atoms with E-state index in [-0.39, 0.29) is 16.7 Å². The van der Waals surface area contributed by atoms with Gasteiger partial charge in [-0.1, -0.05) is 45.9 Å². The summed E-state index contributed by atoms with van der Waals surface area (Å²) in [5.74, 6) is 1.28. The number of methoxy groups -OCH3 is 1. The van der Waals surface area contributed by atoms with Crippen molar-refractivity contribution in [3.8, 4) is 5.75 Å². The Morgan fingerprint density at radius 1 is 0.917 bits per heavy atom. The van der Waals surface area contributed by atoms with E-state index < -0.39 is 10.0 Å². The van der Waals surface area contributed by atoms with Gasteiger partial charge in [-0.2, -0.15) is 0 Å². The molecular formula is C19H25NO3S. The normalized spacial score (nSPS) is 11.8. The van der Waals surface area contributed by atoms with Gasteiger partial charge in [0.1, 0.15) is 5.75 Å². The van der Waals surface area contributed by atoms with Gasteiger partial charge < -0.3 is 4.74 Å². The van der Waals surface area contributed by atoms with Crippen molar-refractivity contribution in [2.24, 2.45) is 0 Å². The third-order valence-corrected chi connectivity index (χ3v) is 5.30. The summed E-state index contributed by atoms with van der Waals surface area (Å²) in [4.78, 5) is 0.248. The predicted octanol–water partition coefficient (Wildman–Crippen LogP) is 4.74. The second kappa shape index (κ2) is 7.26. The standard InChI is InChI=1S/C19H25NO3S/c1-13(2)17-11-15(12-18(14(3)4)19(17)23-5)20-24(21,22)16-9-7-6-8-10-16/h6-14,20H,1-5H3. The van der Waals surface area contributed by atoms with E-state index in [0.29, 0.717) is 5.69 Å². The zero-order valence-electron chi connectivity index (χ0n) is 14.8. The summed E-state index contributed by atoms with van der Waals surface area (Å²) in [6.45, 7) is 8.27. The highest BCUT2D eigenvalue weighted by atomic mass is 32.2. The molecule has 0 amide bonds. The topological polar surface area (TPSA) is 55.4 Å². The molecule has 0 saturated carbocycles. The molecule has 0 aliphatic carbocycles. The minimum absolute atomic E-state index is 0.221.